The average Bonchev–Trinajstić information content (AvgIpc) is 2.28. The summed E-state index contributed by atoms with van der Waals surface area (Å²) in [6, 6.07) is 0. The minimum absolute atomic E-state index is 0.373. The average molecular weight is 218 g/mol. The predicted molar refractivity (Wildman–Crippen MR) is 64.9 cm³/mol. The van der Waals surface area contributed by atoms with Crippen LogP contribution in [0.15, 0.2) is 6.20 Å². The van der Waals surface area contributed by atoms with Crippen molar-refractivity contribution in [3.63, 3.8) is 0 Å². The van der Waals surface area contributed by atoms with Crippen LogP contribution in [0.3, 0.4) is 0 Å². The van der Waals surface area contributed by atoms with Gasteiger partial charge in [-0.2, -0.15) is 0 Å². The fourth-order valence-electron chi connectivity index (χ4n) is 2.10. The van der Waals surface area contributed by atoms with Gasteiger partial charge in [0.2, 0.25) is 0 Å². The normalized spacial score (nSPS) is 16.7. The second-order valence-electron chi connectivity index (χ2n) is 4.54. The molecule has 0 spiro atoms. The SMILES string of the molecule is Cc1cnc(N2CCC(=O)CC2)c(C)c1C. The molecule has 0 aliphatic carbocycles. The summed E-state index contributed by atoms with van der Waals surface area (Å²) in [7, 11) is 0. The molecule has 0 N–H and O–H groups in total. The molecule has 0 amide bonds. The van der Waals surface area contributed by atoms with Crippen LogP contribution in [0.25, 0.3) is 0 Å². The van der Waals surface area contributed by atoms with Crippen LogP contribution in [0.1, 0.15) is 29.5 Å². The number of hydrogen-bond donors (Lipinski definition) is 0. The van der Waals surface area contributed by atoms with E-state index >= 15 is 0 Å². The molecule has 2 rings (SSSR count). The molecule has 0 atom stereocenters. The zero-order valence-corrected chi connectivity index (χ0v) is 10.2. The van der Waals surface area contributed by atoms with Crippen molar-refractivity contribution < 1.29 is 4.79 Å². The highest BCUT2D eigenvalue weighted by Gasteiger charge is 2.19. The molecule has 1 fully saturated rings. The minimum Gasteiger partial charge on any atom is -0.356 e. The van der Waals surface area contributed by atoms with Crippen LogP contribution in [-0.4, -0.2) is 23.9 Å². The molecule has 2 heterocycles. The molecule has 16 heavy (non-hydrogen) atoms. The van der Waals surface area contributed by atoms with Crippen molar-refractivity contribution in [2.24, 2.45) is 0 Å². The first kappa shape index (κ1) is 11.1. The third-order valence-corrected chi connectivity index (χ3v) is 3.49. The van der Waals surface area contributed by atoms with Gasteiger partial charge in [0.05, 0.1) is 0 Å². The van der Waals surface area contributed by atoms with Crippen molar-refractivity contribution in [1.82, 2.24) is 4.98 Å². The summed E-state index contributed by atoms with van der Waals surface area (Å²) in [4.78, 5) is 17.9. The summed E-state index contributed by atoms with van der Waals surface area (Å²) in [5, 5.41) is 0. The van der Waals surface area contributed by atoms with Gasteiger partial charge < -0.3 is 4.90 Å². The van der Waals surface area contributed by atoms with Crippen LogP contribution in [0.5, 0.6) is 0 Å². The van der Waals surface area contributed by atoms with Crippen LogP contribution in [0.4, 0.5) is 5.82 Å². The second kappa shape index (κ2) is 4.24. The maximum Gasteiger partial charge on any atom is 0.136 e. The van der Waals surface area contributed by atoms with Gasteiger partial charge >= 0.3 is 0 Å². The number of carbonyl (C=O) groups excluding carboxylic acids is 1. The van der Waals surface area contributed by atoms with Crippen molar-refractivity contribution in [3.8, 4) is 0 Å². The van der Waals surface area contributed by atoms with Crippen molar-refractivity contribution in [3.05, 3.63) is 22.9 Å². The van der Waals surface area contributed by atoms with Crippen LogP contribution in [-0.2, 0) is 4.79 Å². The highest BCUT2D eigenvalue weighted by atomic mass is 16.1. The number of nitrogens with zero attached hydrogens (tertiary/aromatic N) is 2. The summed E-state index contributed by atoms with van der Waals surface area (Å²) >= 11 is 0. The number of hydrogen-bond acceptors (Lipinski definition) is 3. The van der Waals surface area contributed by atoms with Gasteiger partial charge in [-0.15, -0.1) is 0 Å². The molecule has 0 aromatic carbocycles. The Balaban J connectivity index is 2.27. The first-order chi connectivity index (χ1) is 7.59. The first-order valence-electron chi connectivity index (χ1n) is 5.79. The number of piperidine rings is 1. The number of Topliss-reactive ketones (excluding diaryl/α,β-unsaturated/α-hetero) is 1. The minimum atomic E-state index is 0.373. The standard InChI is InChI=1S/C13H18N2O/c1-9-8-14-13(11(3)10(9)2)15-6-4-12(16)5-7-15/h8H,4-7H2,1-3H3. The van der Waals surface area contributed by atoms with E-state index in [1.54, 1.807) is 0 Å². The third kappa shape index (κ3) is 1.94. The summed E-state index contributed by atoms with van der Waals surface area (Å²) in [6.07, 6.45) is 3.25. The summed E-state index contributed by atoms with van der Waals surface area (Å²) in [6.45, 7) is 7.95. The Morgan fingerprint density at radius 2 is 1.75 bits per heavy atom. The lowest BCUT2D eigenvalue weighted by atomic mass is 10.0. The van der Waals surface area contributed by atoms with E-state index < -0.39 is 0 Å². The molecule has 1 saturated heterocycles. The van der Waals surface area contributed by atoms with Crippen molar-refractivity contribution in [2.45, 2.75) is 33.6 Å². The Morgan fingerprint density at radius 3 is 2.38 bits per heavy atom. The largest absolute Gasteiger partial charge is 0.356 e. The molecule has 0 saturated carbocycles. The van der Waals surface area contributed by atoms with Crippen LogP contribution >= 0.6 is 0 Å². The van der Waals surface area contributed by atoms with Crippen molar-refractivity contribution in [2.75, 3.05) is 18.0 Å². The second-order valence-corrected chi connectivity index (χ2v) is 4.54. The van der Waals surface area contributed by atoms with Gasteiger partial charge in [0.25, 0.3) is 0 Å². The van der Waals surface area contributed by atoms with E-state index in [-0.39, 0.29) is 0 Å². The molecule has 3 nitrogen and oxygen atoms in total. The Bertz CT molecular complexity index is 416. The maximum absolute atomic E-state index is 11.2. The molecule has 3 heteroatoms. The fraction of sp³-hybridized carbons (Fsp3) is 0.538. The number of aromatic nitrogens is 1. The zero-order chi connectivity index (χ0) is 11.7. The Morgan fingerprint density at radius 1 is 1.12 bits per heavy atom. The number of anilines is 1. The first-order valence-corrected chi connectivity index (χ1v) is 5.79. The van der Waals surface area contributed by atoms with E-state index in [1.807, 2.05) is 6.20 Å². The lowest BCUT2D eigenvalue weighted by Gasteiger charge is -2.29. The summed E-state index contributed by atoms with van der Waals surface area (Å²) < 4.78 is 0. The monoisotopic (exact) mass is 218 g/mol. The molecule has 1 aliphatic heterocycles. The predicted octanol–water partition coefficient (Wildman–Crippen LogP) is 2.18. The van der Waals surface area contributed by atoms with E-state index in [9.17, 15) is 4.79 Å². The molecular weight excluding hydrogens is 200 g/mol. The number of carbonyl (C=O) groups is 1. The zero-order valence-electron chi connectivity index (χ0n) is 10.2. The van der Waals surface area contributed by atoms with Crippen molar-refractivity contribution in [1.29, 1.82) is 0 Å². The molecule has 0 unspecified atom stereocenters. The topological polar surface area (TPSA) is 33.2 Å². The van der Waals surface area contributed by atoms with Gasteiger partial charge in [0, 0.05) is 32.1 Å². The molecule has 1 aliphatic rings. The summed E-state index contributed by atoms with van der Waals surface area (Å²) in [5.41, 5.74) is 3.78. The Kier molecular flexibility index (Phi) is 2.95. The van der Waals surface area contributed by atoms with Crippen LogP contribution < -0.4 is 4.90 Å². The molecular formula is C13H18N2O. The van der Waals surface area contributed by atoms with Gasteiger partial charge in [0.1, 0.15) is 11.6 Å². The lowest BCUT2D eigenvalue weighted by Crippen LogP contribution is -2.34. The lowest BCUT2D eigenvalue weighted by molar-refractivity contribution is -0.119. The summed E-state index contributed by atoms with van der Waals surface area (Å²) in [5.74, 6) is 1.42. The van der Waals surface area contributed by atoms with Gasteiger partial charge in [-0.25, -0.2) is 4.98 Å². The Labute approximate surface area is 96.5 Å². The van der Waals surface area contributed by atoms with Crippen LogP contribution in [0.2, 0.25) is 0 Å². The Hall–Kier alpha value is -1.38. The molecule has 86 valence electrons. The molecule has 0 bridgehead atoms. The van der Waals surface area contributed by atoms with E-state index in [0.29, 0.717) is 18.6 Å². The maximum atomic E-state index is 11.2. The molecule has 1 aromatic rings. The molecule has 0 radical (unpaired) electrons. The third-order valence-electron chi connectivity index (χ3n) is 3.49. The van der Waals surface area contributed by atoms with Gasteiger partial charge in [0.15, 0.2) is 0 Å². The van der Waals surface area contributed by atoms with E-state index in [1.165, 1.54) is 16.7 Å². The van der Waals surface area contributed by atoms with Crippen molar-refractivity contribution >= 4 is 11.6 Å². The fourth-order valence-corrected chi connectivity index (χ4v) is 2.10. The van der Waals surface area contributed by atoms with Gasteiger partial charge in [-0.3, -0.25) is 4.79 Å². The quantitative estimate of drug-likeness (QED) is 0.724. The van der Waals surface area contributed by atoms with E-state index in [4.69, 9.17) is 0 Å². The van der Waals surface area contributed by atoms with E-state index in [0.717, 1.165) is 18.9 Å². The van der Waals surface area contributed by atoms with Gasteiger partial charge in [-0.05, 0) is 37.5 Å². The number of aryl methyl sites for hydroxylation is 1. The number of pyridine rings is 1. The number of ketones is 1. The highest BCUT2D eigenvalue weighted by Crippen LogP contribution is 2.24. The van der Waals surface area contributed by atoms with Crippen LogP contribution in [0, 0.1) is 20.8 Å². The van der Waals surface area contributed by atoms with Gasteiger partial charge in [-0.1, -0.05) is 0 Å². The number of rotatable bonds is 1. The highest BCUT2D eigenvalue weighted by molar-refractivity contribution is 5.81. The van der Waals surface area contributed by atoms with E-state index in [2.05, 4.69) is 30.7 Å². The smallest absolute Gasteiger partial charge is 0.136 e. The molecule has 1 aromatic heterocycles.